The predicted octanol–water partition coefficient (Wildman–Crippen LogP) is 3.05. The molecule has 0 saturated heterocycles. The van der Waals surface area contributed by atoms with E-state index in [0.29, 0.717) is 0 Å². The third-order valence-electron chi connectivity index (χ3n) is 2.17. The number of nitrogens with zero attached hydrogens (tertiary/aromatic N) is 2. The molecular formula is C11H20N2S. The first-order chi connectivity index (χ1) is 6.88. The third-order valence-corrected chi connectivity index (χ3v) is 3.00. The Balaban J connectivity index is 2.56. The summed E-state index contributed by atoms with van der Waals surface area (Å²) in [5.74, 6) is 0. The van der Waals surface area contributed by atoms with Gasteiger partial charge in [0.25, 0.3) is 0 Å². The van der Waals surface area contributed by atoms with E-state index in [1.807, 2.05) is 0 Å². The first-order valence-corrected chi connectivity index (χ1v) is 6.40. The summed E-state index contributed by atoms with van der Waals surface area (Å²) in [6.07, 6.45) is 7.07. The average molecular weight is 212 g/mol. The number of unbranched alkanes of at least 4 members (excludes halogenated alkanes) is 2. The Hall–Kier alpha value is -0.570. The molecule has 0 bridgehead atoms. The zero-order valence-corrected chi connectivity index (χ0v) is 10.0. The van der Waals surface area contributed by atoms with Crippen molar-refractivity contribution in [3.05, 3.63) is 16.4 Å². The van der Waals surface area contributed by atoms with Gasteiger partial charge in [-0.05, 0) is 12.8 Å². The van der Waals surface area contributed by atoms with Gasteiger partial charge in [-0.25, -0.2) is 0 Å². The summed E-state index contributed by atoms with van der Waals surface area (Å²) >= 11 is 1.75. The summed E-state index contributed by atoms with van der Waals surface area (Å²) in [5, 5.41) is 2.13. The van der Waals surface area contributed by atoms with Crippen molar-refractivity contribution in [2.45, 2.75) is 46.1 Å². The highest BCUT2D eigenvalue weighted by Gasteiger charge is 1.93. The van der Waals surface area contributed by atoms with Gasteiger partial charge in [0.15, 0.2) is 4.80 Å². The second kappa shape index (κ2) is 6.82. The molecule has 0 fully saturated rings. The van der Waals surface area contributed by atoms with Crippen molar-refractivity contribution in [3.8, 4) is 0 Å². The minimum Gasteiger partial charge on any atom is -0.324 e. The maximum atomic E-state index is 4.59. The lowest BCUT2D eigenvalue weighted by molar-refractivity contribution is 0.612. The monoisotopic (exact) mass is 212 g/mol. The molecule has 1 aromatic rings. The zero-order valence-electron chi connectivity index (χ0n) is 9.20. The smallest absolute Gasteiger partial charge is 0.184 e. The summed E-state index contributed by atoms with van der Waals surface area (Å²) in [5.41, 5.74) is 0. The lowest BCUT2D eigenvalue weighted by Crippen LogP contribution is -2.14. The van der Waals surface area contributed by atoms with E-state index in [0.717, 1.165) is 13.1 Å². The SMILES string of the molecule is CCCCN=c1sccn1CCCC. The van der Waals surface area contributed by atoms with Gasteiger partial charge in [0.1, 0.15) is 0 Å². The van der Waals surface area contributed by atoms with E-state index >= 15 is 0 Å². The van der Waals surface area contributed by atoms with Crippen LogP contribution in [-0.2, 0) is 6.54 Å². The second-order valence-electron chi connectivity index (χ2n) is 3.47. The molecule has 1 rings (SSSR count). The van der Waals surface area contributed by atoms with Crippen LogP contribution in [0.3, 0.4) is 0 Å². The molecule has 0 N–H and O–H groups in total. The van der Waals surface area contributed by atoms with Crippen LogP contribution in [0.25, 0.3) is 0 Å². The average Bonchev–Trinajstić information content (AvgIpc) is 2.63. The Bertz CT molecular complexity index is 298. The van der Waals surface area contributed by atoms with Crippen molar-refractivity contribution in [2.24, 2.45) is 4.99 Å². The van der Waals surface area contributed by atoms with Crippen LogP contribution in [0.2, 0.25) is 0 Å². The molecule has 0 aliphatic carbocycles. The maximum absolute atomic E-state index is 4.59. The first-order valence-electron chi connectivity index (χ1n) is 5.53. The van der Waals surface area contributed by atoms with Crippen LogP contribution in [0.4, 0.5) is 0 Å². The van der Waals surface area contributed by atoms with E-state index in [9.17, 15) is 0 Å². The molecule has 3 heteroatoms. The van der Waals surface area contributed by atoms with Crippen molar-refractivity contribution in [1.29, 1.82) is 0 Å². The molecule has 0 radical (unpaired) electrons. The van der Waals surface area contributed by atoms with Gasteiger partial charge < -0.3 is 4.57 Å². The van der Waals surface area contributed by atoms with Gasteiger partial charge >= 0.3 is 0 Å². The normalized spacial score (nSPS) is 12.3. The van der Waals surface area contributed by atoms with Gasteiger partial charge in [-0.15, -0.1) is 11.3 Å². The molecule has 0 saturated carbocycles. The Labute approximate surface area is 90.3 Å². The van der Waals surface area contributed by atoms with Crippen LogP contribution in [0.1, 0.15) is 39.5 Å². The molecule has 1 aromatic heterocycles. The first kappa shape index (κ1) is 11.5. The van der Waals surface area contributed by atoms with Crippen molar-refractivity contribution in [3.63, 3.8) is 0 Å². The van der Waals surface area contributed by atoms with Crippen LogP contribution < -0.4 is 4.80 Å². The van der Waals surface area contributed by atoms with Gasteiger partial charge in [0, 0.05) is 24.7 Å². The summed E-state index contributed by atoms with van der Waals surface area (Å²) in [7, 11) is 0. The standard InChI is InChI=1S/C11H20N2S/c1-3-5-7-12-11-13(8-6-4-2)9-10-14-11/h9-10H,3-8H2,1-2H3. The van der Waals surface area contributed by atoms with E-state index in [4.69, 9.17) is 0 Å². The fourth-order valence-corrected chi connectivity index (χ4v) is 2.04. The number of aryl methyl sites for hydroxylation is 1. The van der Waals surface area contributed by atoms with E-state index in [1.54, 1.807) is 11.3 Å². The fraction of sp³-hybridized carbons (Fsp3) is 0.727. The molecule has 0 spiro atoms. The van der Waals surface area contributed by atoms with Crippen molar-refractivity contribution in [2.75, 3.05) is 6.54 Å². The Morgan fingerprint density at radius 1 is 1.29 bits per heavy atom. The zero-order chi connectivity index (χ0) is 10.2. The van der Waals surface area contributed by atoms with E-state index in [1.165, 1.54) is 30.5 Å². The van der Waals surface area contributed by atoms with Crippen LogP contribution in [0.5, 0.6) is 0 Å². The number of aromatic nitrogens is 1. The highest BCUT2D eigenvalue weighted by Crippen LogP contribution is 1.95. The summed E-state index contributed by atoms with van der Waals surface area (Å²) in [6.45, 7) is 6.52. The van der Waals surface area contributed by atoms with Crippen molar-refractivity contribution in [1.82, 2.24) is 4.57 Å². The molecule has 2 nitrogen and oxygen atoms in total. The Morgan fingerprint density at radius 2 is 2.07 bits per heavy atom. The highest BCUT2D eigenvalue weighted by molar-refractivity contribution is 7.07. The van der Waals surface area contributed by atoms with E-state index < -0.39 is 0 Å². The lowest BCUT2D eigenvalue weighted by atomic mass is 10.3. The van der Waals surface area contributed by atoms with Gasteiger partial charge in [-0.3, -0.25) is 4.99 Å². The minimum absolute atomic E-state index is 0.975. The van der Waals surface area contributed by atoms with E-state index in [2.05, 4.69) is 35.0 Å². The van der Waals surface area contributed by atoms with E-state index in [-0.39, 0.29) is 0 Å². The fourth-order valence-electron chi connectivity index (χ4n) is 1.26. The Morgan fingerprint density at radius 3 is 2.79 bits per heavy atom. The van der Waals surface area contributed by atoms with Gasteiger partial charge in [0.05, 0.1) is 0 Å². The third kappa shape index (κ3) is 3.66. The summed E-state index contributed by atoms with van der Waals surface area (Å²) in [6, 6.07) is 0. The van der Waals surface area contributed by atoms with Gasteiger partial charge in [-0.1, -0.05) is 26.7 Å². The second-order valence-corrected chi connectivity index (χ2v) is 4.34. The van der Waals surface area contributed by atoms with Gasteiger partial charge in [0.2, 0.25) is 0 Å². The van der Waals surface area contributed by atoms with Crippen LogP contribution in [0, 0.1) is 0 Å². The molecule has 0 amide bonds. The van der Waals surface area contributed by atoms with Gasteiger partial charge in [-0.2, -0.15) is 0 Å². The molecule has 0 aromatic carbocycles. The van der Waals surface area contributed by atoms with Crippen molar-refractivity contribution >= 4 is 11.3 Å². The Kier molecular flexibility index (Phi) is 5.60. The summed E-state index contributed by atoms with van der Waals surface area (Å²) < 4.78 is 2.27. The number of hydrogen-bond donors (Lipinski definition) is 0. The predicted molar refractivity (Wildman–Crippen MR) is 62.6 cm³/mol. The molecule has 14 heavy (non-hydrogen) atoms. The molecule has 0 unspecified atom stereocenters. The van der Waals surface area contributed by atoms with Crippen LogP contribution in [-0.4, -0.2) is 11.1 Å². The largest absolute Gasteiger partial charge is 0.324 e. The molecule has 0 aliphatic rings. The quantitative estimate of drug-likeness (QED) is 0.645. The summed E-state index contributed by atoms with van der Waals surface area (Å²) in [4.78, 5) is 5.78. The molecule has 0 aliphatic heterocycles. The number of thiazole rings is 1. The number of rotatable bonds is 6. The van der Waals surface area contributed by atoms with Crippen LogP contribution in [0.15, 0.2) is 16.6 Å². The molecular weight excluding hydrogens is 192 g/mol. The minimum atomic E-state index is 0.975. The molecule has 1 heterocycles. The maximum Gasteiger partial charge on any atom is 0.184 e. The number of hydrogen-bond acceptors (Lipinski definition) is 2. The van der Waals surface area contributed by atoms with Crippen LogP contribution >= 0.6 is 11.3 Å². The molecule has 0 atom stereocenters. The molecule has 80 valence electrons. The lowest BCUT2D eigenvalue weighted by Gasteiger charge is -2.00. The highest BCUT2D eigenvalue weighted by atomic mass is 32.1. The van der Waals surface area contributed by atoms with Crippen molar-refractivity contribution < 1.29 is 0 Å². The topological polar surface area (TPSA) is 17.3 Å².